The molecule has 0 aliphatic carbocycles. The van der Waals surface area contributed by atoms with E-state index in [1.165, 1.54) is 18.2 Å². The van der Waals surface area contributed by atoms with Crippen LogP contribution in [0.3, 0.4) is 0 Å². The summed E-state index contributed by atoms with van der Waals surface area (Å²) < 4.78 is 5.45. The molecule has 0 bridgehead atoms. The van der Waals surface area contributed by atoms with Crippen molar-refractivity contribution in [2.75, 3.05) is 13.2 Å². The maximum atomic E-state index is 11.5. The highest BCUT2D eigenvalue weighted by atomic mass is 35.5. The van der Waals surface area contributed by atoms with Crippen LogP contribution in [0.25, 0.3) is 0 Å². The van der Waals surface area contributed by atoms with Gasteiger partial charge in [-0.2, -0.15) is 0 Å². The van der Waals surface area contributed by atoms with Crippen LogP contribution in [0, 0.1) is 10.1 Å². The van der Waals surface area contributed by atoms with E-state index in [0.29, 0.717) is 6.54 Å². The summed E-state index contributed by atoms with van der Waals surface area (Å²) in [7, 11) is 0. The summed E-state index contributed by atoms with van der Waals surface area (Å²) in [4.78, 5) is 21.7. The molecular weight excluding hydrogens is 298 g/mol. The van der Waals surface area contributed by atoms with Gasteiger partial charge in [0.25, 0.3) is 5.69 Å². The van der Waals surface area contributed by atoms with Crippen LogP contribution in [0.5, 0.6) is 5.75 Å². The van der Waals surface area contributed by atoms with Crippen LogP contribution >= 0.6 is 11.6 Å². The number of benzene rings is 1. The topological polar surface area (TPSA) is 107 Å². The van der Waals surface area contributed by atoms with Gasteiger partial charge in [-0.3, -0.25) is 14.9 Å². The minimum Gasteiger partial charge on any atom is -0.489 e. The predicted molar refractivity (Wildman–Crippen MR) is 79.5 cm³/mol. The third-order valence-electron chi connectivity index (χ3n) is 2.95. The monoisotopic (exact) mass is 315 g/mol. The van der Waals surface area contributed by atoms with Gasteiger partial charge in [0.05, 0.1) is 16.0 Å². The highest BCUT2D eigenvalue weighted by Gasteiger charge is 2.31. The van der Waals surface area contributed by atoms with E-state index >= 15 is 0 Å². The van der Waals surface area contributed by atoms with E-state index < -0.39 is 16.4 Å². The quantitative estimate of drug-likeness (QED) is 0.562. The van der Waals surface area contributed by atoms with Crippen molar-refractivity contribution in [2.45, 2.75) is 25.8 Å². The Kier molecular flexibility index (Phi) is 5.92. The van der Waals surface area contributed by atoms with Gasteiger partial charge in [-0.1, -0.05) is 18.5 Å². The first-order chi connectivity index (χ1) is 9.80. The predicted octanol–water partition coefficient (Wildman–Crippen LogP) is 1.87. The van der Waals surface area contributed by atoms with Gasteiger partial charge >= 0.3 is 0 Å². The minimum atomic E-state index is -1.08. The molecule has 0 heterocycles. The second-order valence-corrected chi connectivity index (χ2v) is 5.19. The molecule has 0 saturated heterocycles. The second-order valence-electron chi connectivity index (χ2n) is 4.78. The lowest BCUT2D eigenvalue weighted by atomic mass is 10.0. The smallest absolute Gasteiger partial charge is 0.273 e. The Morgan fingerprint density at radius 2 is 2.24 bits per heavy atom. The number of rotatable bonds is 8. The van der Waals surface area contributed by atoms with Crippen LogP contribution in [0.1, 0.15) is 20.3 Å². The van der Waals surface area contributed by atoms with Crippen molar-refractivity contribution in [2.24, 2.45) is 5.73 Å². The molecule has 7 nitrogen and oxygen atoms in total. The van der Waals surface area contributed by atoms with E-state index in [9.17, 15) is 14.9 Å². The zero-order chi connectivity index (χ0) is 16.0. The summed E-state index contributed by atoms with van der Waals surface area (Å²) in [6.45, 7) is 4.07. The average Bonchev–Trinajstić information content (AvgIpc) is 2.43. The summed E-state index contributed by atoms with van der Waals surface area (Å²) in [6, 6.07) is 3.86. The lowest BCUT2D eigenvalue weighted by molar-refractivity contribution is -0.384. The number of hydrogen-bond donors (Lipinski definition) is 2. The number of hydrogen-bond acceptors (Lipinski definition) is 5. The van der Waals surface area contributed by atoms with Crippen LogP contribution in [-0.2, 0) is 4.79 Å². The van der Waals surface area contributed by atoms with Crippen molar-refractivity contribution < 1.29 is 14.5 Å². The van der Waals surface area contributed by atoms with Crippen LogP contribution < -0.4 is 15.8 Å². The Labute approximate surface area is 127 Å². The maximum absolute atomic E-state index is 11.5. The molecule has 0 spiro atoms. The first-order valence-corrected chi connectivity index (χ1v) is 6.79. The number of carbonyl (C=O) groups is 1. The molecule has 0 radical (unpaired) electrons. The fraction of sp³-hybridized carbons (Fsp3) is 0.462. The van der Waals surface area contributed by atoms with Crippen LogP contribution in [-0.4, -0.2) is 29.5 Å². The van der Waals surface area contributed by atoms with Crippen molar-refractivity contribution in [1.29, 1.82) is 0 Å². The van der Waals surface area contributed by atoms with Gasteiger partial charge in [0.15, 0.2) is 0 Å². The van der Waals surface area contributed by atoms with E-state index in [1.807, 2.05) is 6.92 Å². The maximum Gasteiger partial charge on any atom is 0.273 e. The molecule has 8 heteroatoms. The molecule has 1 aromatic rings. The van der Waals surface area contributed by atoms with Crippen molar-refractivity contribution in [3.05, 3.63) is 33.3 Å². The van der Waals surface area contributed by atoms with Crippen molar-refractivity contribution in [3.63, 3.8) is 0 Å². The molecule has 1 atom stereocenters. The molecule has 1 unspecified atom stereocenters. The summed E-state index contributed by atoms with van der Waals surface area (Å²) in [5, 5.41) is 14.0. The average molecular weight is 316 g/mol. The number of halogens is 1. The van der Waals surface area contributed by atoms with Gasteiger partial charge < -0.3 is 15.8 Å². The Hall–Kier alpha value is -1.86. The highest BCUT2D eigenvalue weighted by molar-refractivity contribution is 6.32. The molecule has 0 saturated carbocycles. The fourth-order valence-corrected chi connectivity index (χ4v) is 1.72. The Morgan fingerprint density at radius 3 is 2.76 bits per heavy atom. The lowest BCUT2D eigenvalue weighted by Gasteiger charge is -2.27. The Balaban J connectivity index is 2.87. The van der Waals surface area contributed by atoms with Gasteiger partial charge in [-0.05, 0) is 26.0 Å². The first-order valence-electron chi connectivity index (χ1n) is 6.42. The fourth-order valence-electron chi connectivity index (χ4n) is 1.55. The molecule has 0 aliphatic heterocycles. The summed E-state index contributed by atoms with van der Waals surface area (Å²) >= 11 is 5.93. The Morgan fingerprint density at radius 1 is 1.57 bits per heavy atom. The van der Waals surface area contributed by atoms with E-state index in [2.05, 4.69) is 5.32 Å². The van der Waals surface area contributed by atoms with E-state index in [0.717, 1.165) is 6.42 Å². The molecular formula is C13H18ClN3O4. The summed E-state index contributed by atoms with van der Waals surface area (Å²) in [5.41, 5.74) is 4.15. The Bertz CT molecular complexity index is 538. The number of nitro benzene ring substituents is 1. The van der Waals surface area contributed by atoms with Crippen LogP contribution in [0.15, 0.2) is 18.2 Å². The molecule has 1 amide bonds. The lowest BCUT2D eigenvalue weighted by Crippen LogP contribution is -2.57. The van der Waals surface area contributed by atoms with Gasteiger partial charge in [0, 0.05) is 6.07 Å². The normalized spacial score (nSPS) is 13.5. The molecule has 3 N–H and O–H groups in total. The third kappa shape index (κ3) is 4.57. The van der Waals surface area contributed by atoms with E-state index in [1.54, 1.807) is 6.92 Å². The molecule has 1 aromatic carbocycles. The molecule has 0 aromatic heterocycles. The number of nitrogens with one attached hydrogen (secondary N) is 1. The van der Waals surface area contributed by atoms with Crippen molar-refractivity contribution in [3.8, 4) is 5.75 Å². The zero-order valence-corrected chi connectivity index (χ0v) is 12.6. The summed E-state index contributed by atoms with van der Waals surface area (Å²) in [5.74, 6) is -0.436. The van der Waals surface area contributed by atoms with Crippen molar-refractivity contribution in [1.82, 2.24) is 5.32 Å². The zero-order valence-electron chi connectivity index (χ0n) is 11.9. The van der Waals surface area contributed by atoms with E-state index in [4.69, 9.17) is 22.1 Å². The van der Waals surface area contributed by atoms with E-state index in [-0.39, 0.29) is 23.1 Å². The summed E-state index contributed by atoms with van der Waals surface area (Å²) in [6.07, 6.45) is 0.820. The number of nitrogens with two attached hydrogens (primary N) is 1. The SMILES string of the molecule is CCCNC(C)(COc1cc([N+](=O)[O-])ccc1Cl)C(N)=O. The van der Waals surface area contributed by atoms with Crippen LogP contribution in [0.4, 0.5) is 5.69 Å². The number of ether oxygens (including phenoxy) is 1. The number of amides is 1. The first kappa shape index (κ1) is 17.2. The minimum absolute atomic E-state index is 0.0801. The number of nitro groups is 1. The number of carbonyl (C=O) groups excluding carboxylic acids is 1. The number of primary amides is 1. The second kappa shape index (κ2) is 7.24. The number of non-ortho nitro benzene ring substituents is 1. The molecule has 0 aliphatic rings. The van der Waals surface area contributed by atoms with Gasteiger partial charge in [0.2, 0.25) is 5.91 Å². The largest absolute Gasteiger partial charge is 0.489 e. The third-order valence-corrected chi connectivity index (χ3v) is 3.26. The highest BCUT2D eigenvalue weighted by Crippen LogP contribution is 2.29. The van der Waals surface area contributed by atoms with Crippen LogP contribution in [0.2, 0.25) is 5.02 Å². The standard InChI is InChI=1S/C13H18ClN3O4/c1-3-6-16-13(2,12(15)18)8-21-11-7-9(17(19)20)4-5-10(11)14/h4-5,7,16H,3,6,8H2,1-2H3,(H2,15,18). The molecule has 1 rings (SSSR count). The molecule has 21 heavy (non-hydrogen) atoms. The van der Waals surface area contributed by atoms with Crippen molar-refractivity contribution >= 4 is 23.2 Å². The van der Waals surface area contributed by atoms with Gasteiger partial charge in [0.1, 0.15) is 17.9 Å². The van der Waals surface area contributed by atoms with Gasteiger partial charge in [-0.15, -0.1) is 0 Å². The van der Waals surface area contributed by atoms with Gasteiger partial charge in [-0.25, -0.2) is 0 Å². The number of nitrogens with zero attached hydrogens (tertiary/aromatic N) is 1. The molecule has 116 valence electrons. The molecule has 0 fully saturated rings.